The van der Waals surface area contributed by atoms with Crippen LogP contribution >= 0.6 is 11.8 Å². The normalized spacial score (nSPS) is 29.4. The van der Waals surface area contributed by atoms with Crippen LogP contribution in [0.5, 0.6) is 0 Å². The Morgan fingerprint density at radius 3 is 2.68 bits per heavy atom. The molecule has 1 atom stereocenters. The molecular weight excluding hydrogens is 258 g/mol. The van der Waals surface area contributed by atoms with Gasteiger partial charge in [0.2, 0.25) is 5.91 Å². The predicted octanol–water partition coefficient (Wildman–Crippen LogP) is 2.81. The third-order valence-electron chi connectivity index (χ3n) is 4.52. The van der Waals surface area contributed by atoms with Crippen LogP contribution in [0.15, 0.2) is 11.0 Å². The largest absolute Gasteiger partial charge is 0.381 e. The minimum atomic E-state index is 0.307. The van der Waals surface area contributed by atoms with Gasteiger partial charge in [-0.05, 0) is 49.9 Å². The average Bonchev–Trinajstić information content (AvgIpc) is 2.98. The Bertz CT molecular complexity index is 357. The lowest BCUT2D eigenvalue weighted by molar-refractivity contribution is -0.128. The highest BCUT2D eigenvalue weighted by Crippen LogP contribution is 2.39. The fourth-order valence-corrected chi connectivity index (χ4v) is 4.59. The van der Waals surface area contributed by atoms with E-state index >= 15 is 0 Å². The lowest BCUT2D eigenvalue weighted by Crippen LogP contribution is -2.36. The van der Waals surface area contributed by atoms with Crippen molar-refractivity contribution in [2.24, 2.45) is 5.92 Å². The number of carbonyl (C=O) groups is 1. The fourth-order valence-electron chi connectivity index (χ4n) is 3.29. The van der Waals surface area contributed by atoms with E-state index in [1.807, 2.05) is 11.8 Å². The van der Waals surface area contributed by atoms with Crippen molar-refractivity contribution in [1.29, 1.82) is 0 Å². The molecule has 3 rings (SSSR count). The maximum absolute atomic E-state index is 12.4. The molecule has 0 saturated carbocycles. The highest BCUT2D eigenvalue weighted by molar-refractivity contribution is 8.03. The number of amides is 1. The molecular formula is C15H23NO2S. The topological polar surface area (TPSA) is 29.5 Å². The highest BCUT2D eigenvalue weighted by atomic mass is 32.2. The molecule has 0 radical (unpaired) electrons. The van der Waals surface area contributed by atoms with Crippen LogP contribution in [-0.4, -0.2) is 42.4 Å². The van der Waals surface area contributed by atoms with Gasteiger partial charge in [-0.15, -0.1) is 11.8 Å². The van der Waals surface area contributed by atoms with Crippen molar-refractivity contribution in [1.82, 2.24) is 4.90 Å². The third-order valence-corrected chi connectivity index (χ3v) is 5.84. The summed E-state index contributed by atoms with van der Waals surface area (Å²) >= 11 is 1.88. The Kier molecular flexibility index (Phi) is 4.49. The van der Waals surface area contributed by atoms with E-state index in [2.05, 4.69) is 10.3 Å². The second-order valence-corrected chi connectivity index (χ2v) is 6.94. The third kappa shape index (κ3) is 3.16. The average molecular weight is 281 g/mol. The highest BCUT2D eigenvalue weighted by Gasteiger charge is 2.32. The lowest BCUT2D eigenvalue weighted by Gasteiger charge is -2.29. The Hall–Kier alpha value is -0.480. The Morgan fingerprint density at radius 2 is 1.95 bits per heavy atom. The van der Waals surface area contributed by atoms with Gasteiger partial charge >= 0.3 is 0 Å². The number of nitrogens with zero attached hydrogens (tertiary/aromatic N) is 1. The molecule has 3 nitrogen and oxygen atoms in total. The van der Waals surface area contributed by atoms with Crippen LogP contribution in [0.3, 0.4) is 0 Å². The van der Waals surface area contributed by atoms with Gasteiger partial charge in [0.15, 0.2) is 0 Å². The molecule has 19 heavy (non-hydrogen) atoms. The summed E-state index contributed by atoms with van der Waals surface area (Å²) in [6.45, 7) is 3.72. The Labute approximate surface area is 119 Å². The van der Waals surface area contributed by atoms with E-state index in [4.69, 9.17) is 4.74 Å². The zero-order chi connectivity index (χ0) is 13.1. The Morgan fingerprint density at radius 1 is 1.21 bits per heavy atom. The molecule has 2 saturated heterocycles. The molecule has 0 bridgehead atoms. The SMILES string of the molecule is O=C(C1=CSC(C2CCOCC2)C1)N1CCCCC1. The molecule has 1 amide bonds. The van der Waals surface area contributed by atoms with E-state index in [0.29, 0.717) is 11.2 Å². The van der Waals surface area contributed by atoms with Crippen molar-refractivity contribution in [2.45, 2.75) is 43.8 Å². The summed E-state index contributed by atoms with van der Waals surface area (Å²) < 4.78 is 5.43. The minimum absolute atomic E-state index is 0.307. The van der Waals surface area contributed by atoms with E-state index in [-0.39, 0.29) is 0 Å². The number of rotatable bonds is 2. The fraction of sp³-hybridized carbons (Fsp3) is 0.800. The predicted molar refractivity (Wildman–Crippen MR) is 78.1 cm³/mol. The molecule has 3 heterocycles. The molecule has 0 aromatic rings. The molecule has 3 aliphatic heterocycles. The first kappa shape index (κ1) is 13.5. The van der Waals surface area contributed by atoms with Gasteiger partial charge in [0.25, 0.3) is 0 Å². The number of ether oxygens (including phenoxy) is 1. The van der Waals surface area contributed by atoms with E-state index in [1.54, 1.807) is 0 Å². The molecule has 0 aromatic carbocycles. The molecule has 0 aliphatic carbocycles. The van der Waals surface area contributed by atoms with Crippen molar-refractivity contribution in [3.8, 4) is 0 Å². The van der Waals surface area contributed by atoms with Gasteiger partial charge in [0.05, 0.1) is 0 Å². The van der Waals surface area contributed by atoms with Gasteiger partial charge in [-0.3, -0.25) is 4.79 Å². The van der Waals surface area contributed by atoms with Crippen molar-refractivity contribution < 1.29 is 9.53 Å². The maximum atomic E-state index is 12.4. The maximum Gasteiger partial charge on any atom is 0.250 e. The number of carbonyl (C=O) groups excluding carboxylic acids is 1. The van der Waals surface area contributed by atoms with Gasteiger partial charge in [-0.2, -0.15) is 0 Å². The molecule has 2 fully saturated rings. The van der Waals surface area contributed by atoms with E-state index in [0.717, 1.165) is 57.1 Å². The number of likely N-dealkylation sites (tertiary alicyclic amines) is 1. The van der Waals surface area contributed by atoms with Gasteiger partial charge in [-0.25, -0.2) is 0 Å². The van der Waals surface area contributed by atoms with Crippen molar-refractivity contribution >= 4 is 17.7 Å². The van der Waals surface area contributed by atoms with Crippen molar-refractivity contribution in [3.63, 3.8) is 0 Å². The van der Waals surface area contributed by atoms with E-state index in [1.165, 1.54) is 19.3 Å². The lowest BCUT2D eigenvalue weighted by atomic mass is 9.92. The molecule has 3 aliphatic rings. The van der Waals surface area contributed by atoms with Crippen LogP contribution in [0.1, 0.15) is 38.5 Å². The van der Waals surface area contributed by atoms with Crippen LogP contribution in [0.4, 0.5) is 0 Å². The van der Waals surface area contributed by atoms with E-state index in [9.17, 15) is 4.79 Å². The minimum Gasteiger partial charge on any atom is -0.381 e. The van der Waals surface area contributed by atoms with Gasteiger partial charge < -0.3 is 9.64 Å². The molecule has 0 aromatic heterocycles. The number of thioether (sulfide) groups is 1. The summed E-state index contributed by atoms with van der Waals surface area (Å²) in [5.41, 5.74) is 1.06. The molecule has 0 N–H and O–H groups in total. The van der Waals surface area contributed by atoms with Crippen LogP contribution in [0.2, 0.25) is 0 Å². The molecule has 1 unspecified atom stereocenters. The van der Waals surface area contributed by atoms with E-state index < -0.39 is 0 Å². The summed E-state index contributed by atoms with van der Waals surface area (Å²) in [5, 5.41) is 2.75. The monoisotopic (exact) mass is 281 g/mol. The first-order chi connectivity index (χ1) is 9.34. The number of hydrogen-bond donors (Lipinski definition) is 0. The molecule has 106 valence electrons. The summed E-state index contributed by atoms with van der Waals surface area (Å²) in [4.78, 5) is 14.5. The molecule has 4 heteroatoms. The summed E-state index contributed by atoms with van der Waals surface area (Å²) in [7, 11) is 0. The number of hydrogen-bond acceptors (Lipinski definition) is 3. The van der Waals surface area contributed by atoms with Crippen LogP contribution in [-0.2, 0) is 9.53 Å². The van der Waals surface area contributed by atoms with Crippen LogP contribution in [0.25, 0.3) is 0 Å². The zero-order valence-corrected chi connectivity index (χ0v) is 12.3. The van der Waals surface area contributed by atoms with Crippen LogP contribution < -0.4 is 0 Å². The van der Waals surface area contributed by atoms with Gasteiger partial charge in [0.1, 0.15) is 0 Å². The summed E-state index contributed by atoms with van der Waals surface area (Å²) in [5.74, 6) is 1.04. The quantitative estimate of drug-likeness (QED) is 0.779. The first-order valence-electron chi connectivity index (χ1n) is 7.56. The van der Waals surface area contributed by atoms with Crippen molar-refractivity contribution in [3.05, 3.63) is 11.0 Å². The Balaban J connectivity index is 1.53. The second-order valence-electron chi connectivity index (χ2n) is 5.82. The smallest absolute Gasteiger partial charge is 0.250 e. The standard InChI is InChI=1S/C15H23NO2S/c17-15(16-6-2-1-3-7-16)13-10-14(19-11-13)12-4-8-18-9-5-12/h11-12,14H,1-10H2. The number of piperidine rings is 1. The second kappa shape index (κ2) is 6.31. The van der Waals surface area contributed by atoms with Gasteiger partial charge in [-0.1, -0.05) is 0 Å². The molecule has 0 spiro atoms. The summed E-state index contributed by atoms with van der Waals surface area (Å²) in [6.07, 6.45) is 6.94. The van der Waals surface area contributed by atoms with Crippen molar-refractivity contribution in [2.75, 3.05) is 26.3 Å². The first-order valence-corrected chi connectivity index (χ1v) is 8.50. The van der Waals surface area contributed by atoms with Gasteiger partial charge in [0, 0.05) is 37.1 Å². The van der Waals surface area contributed by atoms with Crippen LogP contribution in [0, 0.1) is 5.92 Å². The zero-order valence-electron chi connectivity index (χ0n) is 11.5. The summed E-state index contributed by atoms with van der Waals surface area (Å²) in [6, 6.07) is 0.